The molecule has 0 aliphatic heterocycles. The van der Waals surface area contributed by atoms with E-state index >= 15 is 0 Å². The van der Waals surface area contributed by atoms with Gasteiger partial charge in [0.1, 0.15) is 11.6 Å². The van der Waals surface area contributed by atoms with Gasteiger partial charge in [0.15, 0.2) is 0 Å². The lowest BCUT2D eigenvalue weighted by molar-refractivity contribution is 0.260. The molecular formula is C14H25N3O. The highest BCUT2D eigenvalue weighted by atomic mass is 16.5. The zero-order valence-corrected chi connectivity index (χ0v) is 12.3. The third-order valence-electron chi connectivity index (χ3n) is 2.24. The Labute approximate surface area is 110 Å². The van der Waals surface area contributed by atoms with Gasteiger partial charge in [0.2, 0.25) is 5.88 Å². The summed E-state index contributed by atoms with van der Waals surface area (Å²) in [5, 5.41) is 3.30. The van der Waals surface area contributed by atoms with E-state index in [2.05, 4.69) is 56.8 Å². The van der Waals surface area contributed by atoms with Crippen LogP contribution < -0.4 is 10.1 Å². The molecular weight excluding hydrogens is 226 g/mol. The average molecular weight is 251 g/mol. The monoisotopic (exact) mass is 251 g/mol. The number of rotatable bonds is 6. The molecule has 18 heavy (non-hydrogen) atoms. The third kappa shape index (κ3) is 4.90. The number of hydrogen-bond acceptors (Lipinski definition) is 4. The highest BCUT2D eigenvalue weighted by molar-refractivity contribution is 5.39. The molecule has 4 nitrogen and oxygen atoms in total. The highest BCUT2D eigenvalue weighted by Gasteiger charge is 2.10. The van der Waals surface area contributed by atoms with E-state index in [1.165, 1.54) is 0 Å². The third-order valence-corrected chi connectivity index (χ3v) is 2.24. The molecule has 0 atom stereocenters. The van der Waals surface area contributed by atoms with Gasteiger partial charge in [-0.3, -0.25) is 0 Å². The second kappa shape index (κ2) is 6.57. The number of nitrogens with one attached hydrogen (secondary N) is 1. The van der Waals surface area contributed by atoms with Gasteiger partial charge in [0, 0.05) is 18.0 Å². The van der Waals surface area contributed by atoms with E-state index in [0.717, 1.165) is 11.6 Å². The molecule has 1 rings (SSSR count). The van der Waals surface area contributed by atoms with E-state index in [-0.39, 0.29) is 0 Å². The molecule has 0 unspecified atom stereocenters. The summed E-state index contributed by atoms with van der Waals surface area (Å²) in [6.07, 6.45) is 0. The van der Waals surface area contributed by atoms with Crippen molar-refractivity contribution in [2.45, 2.75) is 53.5 Å². The molecule has 0 fully saturated rings. The van der Waals surface area contributed by atoms with Crippen LogP contribution in [0.4, 0.5) is 5.82 Å². The molecule has 1 heterocycles. The van der Waals surface area contributed by atoms with Gasteiger partial charge < -0.3 is 10.1 Å². The standard InChI is InChI=1S/C14H25N3O/c1-9(2)8-18-13-7-12(15-11(5)6)16-14(17-13)10(3)4/h7,9-11H,8H2,1-6H3,(H,15,16,17). The lowest BCUT2D eigenvalue weighted by atomic mass is 10.2. The van der Waals surface area contributed by atoms with Gasteiger partial charge in [-0.2, -0.15) is 4.98 Å². The van der Waals surface area contributed by atoms with E-state index in [9.17, 15) is 0 Å². The summed E-state index contributed by atoms with van der Waals surface area (Å²) < 4.78 is 5.69. The number of hydrogen-bond donors (Lipinski definition) is 1. The van der Waals surface area contributed by atoms with Crippen LogP contribution in [0.25, 0.3) is 0 Å². The van der Waals surface area contributed by atoms with Crippen molar-refractivity contribution in [3.8, 4) is 5.88 Å². The fourth-order valence-electron chi connectivity index (χ4n) is 1.40. The van der Waals surface area contributed by atoms with Crippen LogP contribution in [0, 0.1) is 5.92 Å². The molecule has 0 radical (unpaired) electrons. The molecule has 1 N–H and O–H groups in total. The van der Waals surface area contributed by atoms with Gasteiger partial charge in [-0.05, 0) is 19.8 Å². The molecule has 0 spiro atoms. The van der Waals surface area contributed by atoms with Crippen LogP contribution in [-0.2, 0) is 0 Å². The van der Waals surface area contributed by atoms with E-state index < -0.39 is 0 Å². The van der Waals surface area contributed by atoms with Crippen molar-refractivity contribution >= 4 is 5.82 Å². The summed E-state index contributed by atoms with van der Waals surface area (Å²) >= 11 is 0. The van der Waals surface area contributed by atoms with E-state index in [1.807, 2.05) is 6.07 Å². The van der Waals surface area contributed by atoms with Crippen molar-refractivity contribution in [2.24, 2.45) is 5.92 Å². The topological polar surface area (TPSA) is 47.0 Å². The van der Waals surface area contributed by atoms with Crippen molar-refractivity contribution in [1.82, 2.24) is 9.97 Å². The normalized spacial score (nSPS) is 11.4. The first-order valence-corrected chi connectivity index (χ1v) is 6.66. The molecule has 0 bridgehead atoms. The smallest absolute Gasteiger partial charge is 0.218 e. The van der Waals surface area contributed by atoms with Crippen molar-refractivity contribution in [3.05, 3.63) is 11.9 Å². The van der Waals surface area contributed by atoms with Gasteiger partial charge in [0.25, 0.3) is 0 Å². The SMILES string of the molecule is CC(C)COc1cc(NC(C)C)nc(C(C)C)n1. The van der Waals surface area contributed by atoms with Gasteiger partial charge in [-0.1, -0.05) is 27.7 Å². The van der Waals surface area contributed by atoms with Crippen LogP contribution in [0.15, 0.2) is 6.07 Å². The van der Waals surface area contributed by atoms with Crippen LogP contribution in [0.2, 0.25) is 0 Å². The second-order valence-electron chi connectivity index (χ2n) is 5.61. The predicted octanol–water partition coefficient (Wildman–Crippen LogP) is 3.46. The van der Waals surface area contributed by atoms with Crippen LogP contribution in [-0.4, -0.2) is 22.6 Å². The maximum Gasteiger partial charge on any atom is 0.218 e. The van der Waals surface area contributed by atoms with E-state index in [0.29, 0.717) is 30.4 Å². The number of ether oxygens (including phenoxy) is 1. The first-order valence-electron chi connectivity index (χ1n) is 6.66. The molecule has 1 aromatic rings. The molecule has 0 amide bonds. The Kier molecular flexibility index (Phi) is 5.38. The van der Waals surface area contributed by atoms with Crippen molar-refractivity contribution in [3.63, 3.8) is 0 Å². The fraction of sp³-hybridized carbons (Fsp3) is 0.714. The maximum absolute atomic E-state index is 5.69. The Morgan fingerprint density at radius 1 is 1.11 bits per heavy atom. The van der Waals surface area contributed by atoms with Crippen LogP contribution in [0.1, 0.15) is 53.3 Å². The summed E-state index contributed by atoms with van der Waals surface area (Å²) in [5.41, 5.74) is 0. The molecule has 0 aliphatic rings. The van der Waals surface area contributed by atoms with Crippen molar-refractivity contribution in [1.29, 1.82) is 0 Å². The predicted molar refractivity (Wildman–Crippen MR) is 75.2 cm³/mol. The molecule has 0 aromatic carbocycles. The molecule has 1 aromatic heterocycles. The van der Waals surface area contributed by atoms with Crippen molar-refractivity contribution in [2.75, 3.05) is 11.9 Å². The minimum atomic E-state index is 0.292. The summed E-state index contributed by atoms with van der Waals surface area (Å²) in [5.74, 6) is 3.09. The average Bonchev–Trinajstić information content (AvgIpc) is 2.25. The summed E-state index contributed by atoms with van der Waals surface area (Å²) in [4.78, 5) is 8.94. The quantitative estimate of drug-likeness (QED) is 0.841. The number of aromatic nitrogens is 2. The highest BCUT2D eigenvalue weighted by Crippen LogP contribution is 2.19. The zero-order chi connectivity index (χ0) is 13.7. The number of anilines is 1. The minimum absolute atomic E-state index is 0.292. The number of nitrogens with zero attached hydrogens (tertiary/aromatic N) is 2. The molecule has 0 saturated carbocycles. The Hall–Kier alpha value is -1.32. The summed E-state index contributed by atoms with van der Waals surface area (Å²) in [6.45, 7) is 13.3. The Morgan fingerprint density at radius 3 is 2.28 bits per heavy atom. The van der Waals surface area contributed by atoms with Crippen molar-refractivity contribution < 1.29 is 4.74 Å². The van der Waals surface area contributed by atoms with Gasteiger partial charge in [-0.15, -0.1) is 0 Å². The van der Waals surface area contributed by atoms with E-state index in [1.54, 1.807) is 0 Å². The molecule has 4 heteroatoms. The zero-order valence-electron chi connectivity index (χ0n) is 12.3. The maximum atomic E-state index is 5.69. The fourth-order valence-corrected chi connectivity index (χ4v) is 1.40. The lowest BCUT2D eigenvalue weighted by Gasteiger charge is -2.14. The van der Waals surface area contributed by atoms with Crippen LogP contribution in [0.5, 0.6) is 5.88 Å². The largest absolute Gasteiger partial charge is 0.477 e. The summed E-state index contributed by atoms with van der Waals surface area (Å²) in [7, 11) is 0. The van der Waals surface area contributed by atoms with Crippen LogP contribution in [0.3, 0.4) is 0 Å². The summed E-state index contributed by atoms with van der Waals surface area (Å²) in [6, 6.07) is 2.21. The lowest BCUT2D eigenvalue weighted by Crippen LogP contribution is -2.14. The Balaban J connectivity index is 2.91. The Bertz CT molecular complexity index is 375. The minimum Gasteiger partial charge on any atom is -0.477 e. The molecule has 0 saturated heterocycles. The first kappa shape index (κ1) is 14.7. The first-order chi connectivity index (χ1) is 8.38. The molecule has 0 aliphatic carbocycles. The Morgan fingerprint density at radius 2 is 1.78 bits per heavy atom. The van der Waals surface area contributed by atoms with Crippen LogP contribution >= 0.6 is 0 Å². The van der Waals surface area contributed by atoms with Gasteiger partial charge >= 0.3 is 0 Å². The molecule has 102 valence electrons. The van der Waals surface area contributed by atoms with E-state index in [4.69, 9.17) is 4.74 Å². The van der Waals surface area contributed by atoms with Gasteiger partial charge in [0.05, 0.1) is 6.61 Å². The second-order valence-corrected chi connectivity index (χ2v) is 5.61. The van der Waals surface area contributed by atoms with Gasteiger partial charge in [-0.25, -0.2) is 4.98 Å².